The molecule has 4 heteroatoms. The minimum Gasteiger partial charge on any atom is -0.445 e. The number of benzene rings is 2. The predicted molar refractivity (Wildman–Crippen MR) is 88.5 cm³/mol. The van der Waals surface area contributed by atoms with Crippen LogP contribution in [0.4, 0.5) is 4.79 Å². The Hall–Kier alpha value is -2.77. The van der Waals surface area contributed by atoms with E-state index in [4.69, 9.17) is 9.84 Å². The minimum absolute atomic E-state index is 0.0305. The summed E-state index contributed by atoms with van der Waals surface area (Å²) in [5.74, 6) is 5.99. The van der Waals surface area contributed by atoms with Crippen molar-refractivity contribution in [2.75, 3.05) is 6.54 Å². The molecule has 118 valence electrons. The monoisotopic (exact) mass is 309 g/mol. The maximum Gasteiger partial charge on any atom is 0.407 e. The number of aliphatic hydroxyl groups excluding tert-OH is 1. The zero-order valence-corrected chi connectivity index (χ0v) is 12.8. The SMILES string of the molecule is O=C(NCCC#Cc1ccc(CO)cc1)OCc1ccccc1. The van der Waals surface area contributed by atoms with Crippen molar-refractivity contribution in [1.29, 1.82) is 0 Å². The van der Waals surface area contributed by atoms with Crippen LogP contribution in [0.1, 0.15) is 23.1 Å². The Kier molecular flexibility index (Phi) is 6.70. The highest BCUT2D eigenvalue weighted by atomic mass is 16.5. The maximum absolute atomic E-state index is 11.5. The van der Waals surface area contributed by atoms with Gasteiger partial charge in [-0.05, 0) is 23.3 Å². The van der Waals surface area contributed by atoms with Crippen LogP contribution in [-0.2, 0) is 18.0 Å². The number of carbonyl (C=O) groups excluding carboxylic acids is 1. The summed E-state index contributed by atoms with van der Waals surface area (Å²) in [6.45, 7) is 0.730. The van der Waals surface area contributed by atoms with Crippen LogP contribution in [0, 0.1) is 11.8 Å². The smallest absolute Gasteiger partial charge is 0.407 e. The van der Waals surface area contributed by atoms with E-state index in [-0.39, 0.29) is 13.2 Å². The van der Waals surface area contributed by atoms with Gasteiger partial charge in [0.05, 0.1) is 6.61 Å². The molecule has 2 aromatic rings. The van der Waals surface area contributed by atoms with Gasteiger partial charge >= 0.3 is 6.09 Å². The quantitative estimate of drug-likeness (QED) is 0.659. The zero-order chi connectivity index (χ0) is 16.3. The van der Waals surface area contributed by atoms with Gasteiger partial charge in [-0.25, -0.2) is 4.79 Å². The molecule has 0 saturated carbocycles. The Bertz CT molecular complexity index is 669. The summed E-state index contributed by atoms with van der Waals surface area (Å²) in [5, 5.41) is 11.6. The lowest BCUT2D eigenvalue weighted by atomic mass is 10.1. The van der Waals surface area contributed by atoms with E-state index in [0.29, 0.717) is 13.0 Å². The second kappa shape index (κ2) is 9.29. The molecule has 0 fully saturated rings. The molecule has 0 saturated heterocycles. The van der Waals surface area contributed by atoms with Crippen LogP contribution in [0.5, 0.6) is 0 Å². The second-order valence-electron chi connectivity index (χ2n) is 4.90. The highest BCUT2D eigenvalue weighted by Gasteiger charge is 2.00. The average Bonchev–Trinajstić information content (AvgIpc) is 2.61. The lowest BCUT2D eigenvalue weighted by Crippen LogP contribution is -2.24. The number of ether oxygens (including phenoxy) is 1. The Morgan fingerprint density at radius 1 is 1.04 bits per heavy atom. The third-order valence-electron chi connectivity index (χ3n) is 3.10. The van der Waals surface area contributed by atoms with Gasteiger partial charge in [-0.1, -0.05) is 54.3 Å². The molecule has 2 rings (SSSR count). The minimum atomic E-state index is -0.442. The molecule has 1 amide bonds. The van der Waals surface area contributed by atoms with Crippen molar-refractivity contribution < 1.29 is 14.6 Å². The first kappa shape index (κ1) is 16.6. The van der Waals surface area contributed by atoms with Crippen LogP contribution in [0.2, 0.25) is 0 Å². The van der Waals surface area contributed by atoms with E-state index in [1.54, 1.807) is 0 Å². The van der Waals surface area contributed by atoms with E-state index < -0.39 is 6.09 Å². The summed E-state index contributed by atoms with van der Waals surface area (Å²) in [7, 11) is 0. The summed E-state index contributed by atoms with van der Waals surface area (Å²) in [6, 6.07) is 16.9. The molecule has 0 unspecified atom stereocenters. The number of amides is 1. The van der Waals surface area contributed by atoms with Gasteiger partial charge in [-0.15, -0.1) is 0 Å². The first-order valence-electron chi connectivity index (χ1n) is 7.41. The summed E-state index contributed by atoms with van der Waals surface area (Å²) in [5.41, 5.74) is 2.70. The Morgan fingerprint density at radius 2 is 1.78 bits per heavy atom. The van der Waals surface area contributed by atoms with Crippen LogP contribution in [-0.4, -0.2) is 17.7 Å². The van der Waals surface area contributed by atoms with Gasteiger partial charge in [0.15, 0.2) is 0 Å². The summed E-state index contributed by atoms with van der Waals surface area (Å²) in [4.78, 5) is 11.5. The van der Waals surface area contributed by atoms with Crippen molar-refractivity contribution in [1.82, 2.24) is 5.32 Å². The largest absolute Gasteiger partial charge is 0.445 e. The predicted octanol–water partition coefficient (Wildman–Crippen LogP) is 2.85. The molecular weight excluding hydrogens is 290 g/mol. The number of rotatable bonds is 5. The van der Waals surface area contributed by atoms with E-state index in [1.807, 2.05) is 54.6 Å². The molecule has 0 heterocycles. The third-order valence-corrected chi connectivity index (χ3v) is 3.10. The molecule has 0 aliphatic carbocycles. The van der Waals surface area contributed by atoms with E-state index in [0.717, 1.165) is 16.7 Å². The van der Waals surface area contributed by atoms with Gasteiger partial charge in [0.1, 0.15) is 6.61 Å². The summed E-state index contributed by atoms with van der Waals surface area (Å²) < 4.78 is 5.10. The van der Waals surface area contributed by atoms with Crippen molar-refractivity contribution in [3.63, 3.8) is 0 Å². The van der Waals surface area contributed by atoms with Crippen molar-refractivity contribution in [3.05, 3.63) is 71.3 Å². The summed E-state index contributed by atoms with van der Waals surface area (Å²) >= 11 is 0. The summed E-state index contributed by atoms with van der Waals surface area (Å²) in [6.07, 6.45) is 0.102. The van der Waals surface area contributed by atoms with Crippen LogP contribution >= 0.6 is 0 Å². The molecular formula is C19H19NO3. The van der Waals surface area contributed by atoms with Crippen molar-refractivity contribution in [2.24, 2.45) is 0 Å². The molecule has 0 spiro atoms. The first-order chi connectivity index (χ1) is 11.3. The lowest BCUT2D eigenvalue weighted by Gasteiger charge is -2.05. The van der Waals surface area contributed by atoms with E-state index >= 15 is 0 Å². The number of aliphatic hydroxyl groups is 1. The molecule has 2 aromatic carbocycles. The third kappa shape index (κ3) is 6.25. The number of carbonyl (C=O) groups is 1. The van der Waals surface area contributed by atoms with Crippen LogP contribution in [0.15, 0.2) is 54.6 Å². The van der Waals surface area contributed by atoms with Crippen LogP contribution in [0.25, 0.3) is 0 Å². The fraction of sp³-hybridized carbons (Fsp3) is 0.211. The number of hydrogen-bond donors (Lipinski definition) is 2. The lowest BCUT2D eigenvalue weighted by molar-refractivity contribution is 0.140. The average molecular weight is 309 g/mol. The molecule has 0 radical (unpaired) electrons. The normalized spacial score (nSPS) is 9.61. The van der Waals surface area contributed by atoms with Gasteiger partial charge in [-0.2, -0.15) is 0 Å². The van der Waals surface area contributed by atoms with E-state index in [1.165, 1.54) is 0 Å². The van der Waals surface area contributed by atoms with Crippen LogP contribution in [0.3, 0.4) is 0 Å². The standard InChI is InChI=1S/C19H19NO3/c21-14-17-11-9-16(10-12-17)6-4-5-13-20-19(22)23-15-18-7-2-1-3-8-18/h1-3,7-12,21H,5,13-15H2,(H,20,22). The Morgan fingerprint density at radius 3 is 2.48 bits per heavy atom. The molecule has 0 bridgehead atoms. The fourth-order valence-corrected chi connectivity index (χ4v) is 1.86. The molecule has 23 heavy (non-hydrogen) atoms. The number of hydrogen-bond acceptors (Lipinski definition) is 3. The van der Waals surface area contributed by atoms with Crippen LogP contribution < -0.4 is 5.32 Å². The Labute approximate surface area is 136 Å². The topological polar surface area (TPSA) is 58.6 Å². The van der Waals surface area contributed by atoms with Crippen molar-refractivity contribution in [3.8, 4) is 11.8 Å². The molecule has 0 aliphatic heterocycles. The van der Waals surface area contributed by atoms with Gasteiger partial charge < -0.3 is 15.2 Å². The fourth-order valence-electron chi connectivity index (χ4n) is 1.86. The zero-order valence-electron chi connectivity index (χ0n) is 12.8. The van der Waals surface area contributed by atoms with E-state index in [2.05, 4.69) is 17.2 Å². The van der Waals surface area contributed by atoms with E-state index in [9.17, 15) is 4.79 Å². The highest BCUT2D eigenvalue weighted by molar-refractivity contribution is 5.67. The van der Waals surface area contributed by atoms with Crippen molar-refractivity contribution >= 4 is 6.09 Å². The van der Waals surface area contributed by atoms with Gasteiger partial charge in [0, 0.05) is 18.5 Å². The second-order valence-corrected chi connectivity index (χ2v) is 4.90. The molecule has 4 nitrogen and oxygen atoms in total. The molecule has 0 aliphatic rings. The van der Waals surface area contributed by atoms with Gasteiger partial charge in [0.2, 0.25) is 0 Å². The highest BCUT2D eigenvalue weighted by Crippen LogP contribution is 2.03. The van der Waals surface area contributed by atoms with Gasteiger partial charge in [-0.3, -0.25) is 0 Å². The van der Waals surface area contributed by atoms with Gasteiger partial charge in [0.25, 0.3) is 0 Å². The first-order valence-corrected chi connectivity index (χ1v) is 7.41. The molecule has 0 aromatic heterocycles. The Balaban J connectivity index is 1.65. The molecule has 2 N–H and O–H groups in total. The molecule has 0 atom stereocenters. The van der Waals surface area contributed by atoms with Crippen molar-refractivity contribution in [2.45, 2.75) is 19.6 Å². The number of nitrogens with one attached hydrogen (secondary N) is 1. The maximum atomic E-state index is 11.5. The number of alkyl carbamates (subject to hydrolysis) is 1.